The second kappa shape index (κ2) is 5.86. The minimum absolute atomic E-state index is 0.101. The Labute approximate surface area is 111 Å². The topological polar surface area (TPSA) is 69.6 Å². The summed E-state index contributed by atoms with van der Waals surface area (Å²) in [5, 5.41) is 9.05. The first-order valence-electron chi connectivity index (χ1n) is 6.55. The van der Waals surface area contributed by atoms with Gasteiger partial charge in [0, 0.05) is 25.7 Å². The summed E-state index contributed by atoms with van der Waals surface area (Å²) in [6.45, 7) is 9.07. The SMILES string of the molecule is CC(NS(=O)(=O)N1CCC(CO)CC1)C(C)(C)C. The van der Waals surface area contributed by atoms with Crippen molar-refractivity contribution < 1.29 is 13.5 Å². The first-order valence-corrected chi connectivity index (χ1v) is 7.99. The van der Waals surface area contributed by atoms with Crippen LogP contribution in [-0.4, -0.2) is 43.6 Å². The third-order valence-corrected chi connectivity index (χ3v) is 5.49. The smallest absolute Gasteiger partial charge is 0.279 e. The molecule has 18 heavy (non-hydrogen) atoms. The highest BCUT2D eigenvalue weighted by Gasteiger charge is 2.31. The number of piperidine rings is 1. The highest BCUT2D eigenvalue weighted by atomic mass is 32.2. The van der Waals surface area contributed by atoms with Gasteiger partial charge in [-0.1, -0.05) is 20.8 Å². The zero-order valence-electron chi connectivity index (χ0n) is 11.8. The molecule has 0 radical (unpaired) electrons. The molecule has 6 heteroatoms. The Kier molecular flexibility index (Phi) is 5.17. The minimum atomic E-state index is -3.40. The summed E-state index contributed by atoms with van der Waals surface area (Å²) in [5.74, 6) is 0.247. The van der Waals surface area contributed by atoms with E-state index in [1.807, 2.05) is 27.7 Å². The van der Waals surface area contributed by atoms with Gasteiger partial charge in [-0.15, -0.1) is 0 Å². The predicted molar refractivity (Wildman–Crippen MR) is 72.4 cm³/mol. The molecule has 1 aliphatic heterocycles. The average Bonchev–Trinajstić information content (AvgIpc) is 2.27. The van der Waals surface area contributed by atoms with Crippen molar-refractivity contribution in [1.82, 2.24) is 9.03 Å². The third-order valence-electron chi connectivity index (χ3n) is 3.80. The van der Waals surface area contributed by atoms with Crippen LogP contribution in [0.2, 0.25) is 0 Å². The van der Waals surface area contributed by atoms with Gasteiger partial charge in [0.05, 0.1) is 0 Å². The lowest BCUT2D eigenvalue weighted by atomic mass is 9.89. The standard InChI is InChI=1S/C12H26N2O3S/c1-10(12(2,3)4)13-18(16,17)14-7-5-11(9-15)6-8-14/h10-11,13,15H,5-9H2,1-4H3. The van der Waals surface area contributed by atoms with Crippen molar-refractivity contribution in [2.45, 2.75) is 46.6 Å². The predicted octanol–water partition coefficient (Wildman–Crippen LogP) is 0.960. The van der Waals surface area contributed by atoms with Crippen LogP contribution in [0.4, 0.5) is 0 Å². The molecule has 0 spiro atoms. The highest BCUT2D eigenvalue weighted by Crippen LogP contribution is 2.22. The molecular formula is C12H26N2O3S. The molecule has 1 atom stereocenters. The Morgan fingerprint density at radius 3 is 2.22 bits per heavy atom. The summed E-state index contributed by atoms with van der Waals surface area (Å²) in [6, 6.07) is -0.113. The van der Waals surface area contributed by atoms with Gasteiger partial charge in [0.15, 0.2) is 0 Å². The van der Waals surface area contributed by atoms with E-state index in [9.17, 15) is 8.42 Å². The van der Waals surface area contributed by atoms with Crippen LogP contribution in [-0.2, 0) is 10.2 Å². The summed E-state index contributed by atoms with van der Waals surface area (Å²) in [5.41, 5.74) is -0.101. The normalized spacial score (nSPS) is 22.1. The molecule has 2 N–H and O–H groups in total. The summed E-state index contributed by atoms with van der Waals surface area (Å²) < 4.78 is 28.6. The number of hydrogen-bond acceptors (Lipinski definition) is 3. The molecule has 1 rings (SSSR count). The lowest BCUT2D eigenvalue weighted by molar-refractivity contribution is 0.168. The average molecular weight is 278 g/mol. The maximum absolute atomic E-state index is 12.2. The number of rotatable bonds is 4. The maximum Gasteiger partial charge on any atom is 0.279 e. The van der Waals surface area contributed by atoms with Crippen molar-refractivity contribution in [2.24, 2.45) is 11.3 Å². The van der Waals surface area contributed by atoms with E-state index in [0.717, 1.165) is 12.8 Å². The number of nitrogens with zero attached hydrogens (tertiary/aromatic N) is 1. The lowest BCUT2D eigenvalue weighted by Gasteiger charge is -2.34. The van der Waals surface area contributed by atoms with E-state index >= 15 is 0 Å². The molecule has 0 aromatic carbocycles. The van der Waals surface area contributed by atoms with E-state index in [1.54, 1.807) is 0 Å². The monoisotopic (exact) mass is 278 g/mol. The number of nitrogens with one attached hydrogen (secondary N) is 1. The first-order chi connectivity index (χ1) is 8.16. The Morgan fingerprint density at radius 2 is 1.83 bits per heavy atom. The number of aliphatic hydroxyl groups is 1. The van der Waals surface area contributed by atoms with Crippen LogP contribution < -0.4 is 4.72 Å². The quantitative estimate of drug-likeness (QED) is 0.805. The van der Waals surface area contributed by atoms with Gasteiger partial charge in [0.2, 0.25) is 0 Å². The summed E-state index contributed by atoms with van der Waals surface area (Å²) in [7, 11) is -3.40. The Balaban J connectivity index is 2.60. The van der Waals surface area contributed by atoms with Gasteiger partial charge in [-0.05, 0) is 31.1 Å². The molecule has 0 aliphatic carbocycles. The Morgan fingerprint density at radius 1 is 1.33 bits per heavy atom. The molecule has 1 heterocycles. The van der Waals surface area contributed by atoms with Gasteiger partial charge in [-0.2, -0.15) is 17.4 Å². The summed E-state index contributed by atoms with van der Waals surface area (Å²) >= 11 is 0. The van der Waals surface area contributed by atoms with Crippen molar-refractivity contribution in [1.29, 1.82) is 0 Å². The Bertz CT molecular complexity index is 354. The van der Waals surface area contributed by atoms with E-state index in [4.69, 9.17) is 5.11 Å². The lowest BCUT2D eigenvalue weighted by Crippen LogP contribution is -2.50. The van der Waals surface area contributed by atoms with Crippen molar-refractivity contribution in [3.05, 3.63) is 0 Å². The van der Waals surface area contributed by atoms with Crippen LogP contribution in [0.5, 0.6) is 0 Å². The van der Waals surface area contributed by atoms with Crippen molar-refractivity contribution in [2.75, 3.05) is 19.7 Å². The largest absolute Gasteiger partial charge is 0.396 e. The molecular weight excluding hydrogens is 252 g/mol. The molecule has 0 aromatic rings. The van der Waals surface area contributed by atoms with Gasteiger partial charge in [-0.25, -0.2) is 0 Å². The van der Waals surface area contributed by atoms with Crippen LogP contribution in [0.15, 0.2) is 0 Å². The number of hydrogen-bond donors (Lipinski definition) is 2. The van der Waals surface area contributed by atoms with Crippen molar-refractivity contribution >= 4 is 10.2 Å². The third kappa shape index (κ3) is 4.19. The molecule has 1 saturated heterocycles. The molecule has 0 aromatic heterocycles. The highest BCUT2D eigenvalue weighted by molar-refractivity contribution is 7.87. The van der Waals surface area contributed by atoms with E-state index in [0.29, 0.717) is 13.1 Å². The van der Waals surface area contributed by atoms with E-state index in [2.05, 4.69) is 4.72 Å². The van der Waals surface area contributed by atoms with Crippen molar-refractivity contribution in [3.8, 4) is 0 Å². The molecule has 0 amide bonds. The van der Waals surface area contributed by atoms with Crippen LogP contribution in [0, 0.1) is 11.3 Å². The van der Waals surface area contributed by atoms with E-state index in [-0.39, 0.29) is 24.0 Å². The zero-order valence-corrected chi connectivity index (χ0v) is 12.6. The van der Waals surface area contributed by atoms with Crippen LogP contribution in [0.1, 0.15) is 40.5 Å². The summed E-state index contributed by atoms with van der Waals surface area (Å²) in [4.78, 5) is 0. The number of aliphatic hydroxyl groups excluding tert-OH is 1. The van der Waals surface area contributed by atoms with E-state index in [1.165, 1.54) is 4.31 Å². The van der Waals surface area contributed by atoms with E-state index < -0.39 is 10.2 Å². The van der Waals surface area contributed by atoms with Gasteiger partial charge in [0.25, 0.3) is 10.2 Å². The molecule has 0 saturated carbocycles. The first kappa shape index (κ1) is 15.9. The maximum atomic E-state index is 12.2. The second-order valence-electron chi connectivity index (χ2n) is 6.24. The summed E-state index contributed by atoms with van der Waals surface area (Å²) in [6.07, 6.45) is 1.47. The molecule has 1 unspecified atom stereocenters. The fourth-order valence-electron chi connectivity index (χ4n) is 1.81. The van der Waals surface area contributed by atoms with Gasteiger partial charge < -0.3 is 5.11 Å². The molecule has 5 nitrogen and oxygen atoms in total. The van der Waals surface area contributed by atoms with Gasteiger partial charge in [-0.3, -0.25) is 0 Å². The van der Waals surface area contributed by atoms with Gasteiger partial charge in [0.1, 0.15) is 0 Å². The molecule has 1 fully saturated rings. The Hall–Kier alpha value is -0.170. The minimum Gasteiger partial charge on any atom is -0.396 e. The van der Waals surface area contributed by atoms with Crippen molar-refractivity contribution in [3.63, 3.8) is 0 Å². The van der Waals surface area contributed by atoms with Crippen LogP contribution in [0.25, 0.3) is 0 Å². The fraction of sp³-hybridized carbons (Fsp3) is 1.00. The molecule has 108 valence electrons. The fourth-order valence-corrected chi connectivity index (χ4v) is 3.45. The molecule has 0 bridgehead atoms. The van der Waals surface area contributed by atoms with Gasteiger partial charge >= 0.3 is 0 Å². The zero-order chi connectivity index (χ0) is 14.0. The second-order valence-corrected chi connectivity index (χ2v) is 7.94. The van der Waals surface area contributed by atoms with Crippen LogP contribution >= 0.6 is 0 Å². The molecule has 1 aliphatic rings. The van der Waals surface area contributed by atoms with Crippen LogP contribution in [0.3, 0.4) is 0 Å².